The van der Waals surface area contributed by atoms with Crippen molar-refractivity contribution < 1.29 is 14.3 Å². The average molecular weight is 396 g/mol. The fraction of sp³-hybridized carbons (Fsp3) is 0.480. The number of para-hydroxylation sites is 1. The second-order valence-electron chi connectivity index (χ2n) is 9.45. The molecule has 0 aromatic heterocycles. The van der Waals surface area contributed by atoms with E-state index in [1.165, 1.54) is 5.56 Å². The summed E-state index contributed by atoms with van der Waals surface area (Å²) in [6, 6.07) is 15.8. The summed E-state index contributed by atoms with van der Waals surface area (Å²) in [5.74, 6) is 1.46. The largest absolute Gasteiger partial charge is 0.487 e. The van der Waals surface area contributed by atoms with Gasteiger partial charge in [-0.2, -0.15) is 0 Å². The topological polar surface area (TPSA) is 47.6 Å². The summed E-state index contributed by atoms with van der Waals surface area (Å²) in [6.07, 6.45) is 0.779. The minimum absolute atomic E-state index is 0.0866. The van der Waals surface area contributed by atoms with E-state index in [1.807, 2.05) is 57.2 Å². The van der Waals surface area contributed by atoms with Crippen LogP contribution in [0.1, 0.15) is 71.6 Å². The Morgan fingerprint density at radius 1 is 1.17 bits per heavy atom. The number of hydrogen-bond acceptors (Lipinski definition) is 3. The van der Waals surface area contributed by atoms with Crippen LogP contribution >= 0.6 is 0 Å². The van der Waals surface area contributed by atoms with Crippen LogP contribution in [0.4, 0.5) is 0 Å². The summed E-state index contributed by atoms with van der Waals surface area (Å²) in [7, 11) is 0. The van der Waals surface area contributed by atoms with Gasteiger partial charge < -0.3 is 14.8 Å². The van der Waals surface area contributed by atoms with Gasteiger partial charge in [-0.25, -0.2) is 0 Å². The first kappa shape index (κ1) is 21.2. The summed E-state index contributed by atoms with van der Waals surface area (Å²) in [5, 5.41) is 3.19. The Labute approximate surface area is 174 Å². The number of carbonyl (C=O) groups is 1. The van der Waals surface area contributed by atoms with Gasteiger partial charge in [-0.3, -0.25) is 4.79 Å². The van der Waals surface area contributed by atoms with Crippen molar-refractivity contribution in [2.45, 2.75) is 77.5 Å². The second kappa shape index (κ2) is 8.10. The number of hydrogen-bond donors (Lipinski definition) is 1. The smallest absolute Gasteiger partial charge is 0.261 e. The van der Waals surface area contributed by atoms with Crippen molar-refractivity contribution in [3.63, 3.8) is 0 Å². The number of rotatable bonds is 5. The normalized spacial score (nSPS) is 18.9. The van der Waals surface area contributed by atoms with Gasteiger partial charge in [0.05, 0.1) is 6.04 Å². The first-order valence-corrected chi connectivity index (χ1v) is 10.4. The molecular weight excluding hydrogens is 362 g/mol. The molecule has 2 aromatic rings. The summed E-state index contributed by atoms with van der Waals surface area (Å²) < 4.78 is 12.1. The molecule has 3 rings (SSSR count). The molecule has 0 radical (unpaired) electrons. The van der Waals surface area contributed by atoms with E-state index in [1.54, 1.807) is 0 Å². The van der Waals surface area contributed by atoms with Gasteiger partial charge in [-0.05, 0) is 49.4 Å². The van der Waals surface area contributed by atoms with Crippen molar-refractivity contribution in [2.24, 2.45) is 0 Å². The molecule has 4 heteroatoms. The molecule has 1 aliphatic heterocycles. The Kier molecular flexibility index (Phi) is 5.92. The molecule has 156 valence electrons. The van der Waals surface area contributed by atoms with Crippen molar-refractivity contribution in [2.75, 3.05) is 0 Å². The average Bonchev–Trinajstić information content (AvgIpc) is 2.64. The molecule has 0 saturated carbocycles. The molecule has 4 nitrogen and oxygen atoms in total. The molecule has 1 N–H and O–H groups in total. The summed E-state index contributed by atoms with van der Waals surface area (Å²) in [6.45, 7) is 12.6. The van der Waals surface area contributed by atoms with E-state index in [0.717, 1.165) is 11.3 Å². The maximum atomic E-state index is 13.0. The monoisotopic (exact) mass is 395 g/mol. The lowest BCUT2D eigenvalue weighted by Crippen LogP contribution is -2.45. The van der Waals surface area contributed by atoms with E-state index in [9.17, 15) is 4.79 Å². The van der Waals surface area contributed by atoms with Crippen molar-refractivity contribution in [3.8, 4) is 11.5 Å². The van der Waals surface area contributed by atoms with Crippen LogP contribution in [0.2, 0.25) is 0 Å². The van der Waals surface area contributed by atoms with E-state index in [-0.39, 0.29) is 23.0 Å². The lowest BCUT2D eigenvalue weighted by Gasteiger charge is -2.38. The van der Waals surface area contributed by atoms with Gasteiger partial charge >= 0.3 is 0 Å². The van der Waals surface area contributed by atoms with Crippen molar-refractivity contribution >= 4 is 5.91 Å². The van der Waals surface area contributed by atoms with Crippen LogP contribution in [0.15, 0.2) is 48.5 Å². The van der Waals surface area contributed by atoms with Gasteiger partial charge in [-0.15, -0.1) is 0 Å². The van der Waals surface area contributed by atoms with Crippen LogP contribution in [-0.2, 0) is 10.2 Å². The second-order valence-corrected chi connectivity index (χ2v) is 9.45. The Hall–Kier alpha value is -2.49. The molecule has 1 heterocycles. The highest BCUT2D eigenvalue weighted by Crippen LogP contribution is 2.39. The Bertz CT molecular complexity index is 849. The first-order chi connectivity index (χ1) is 13.6. The van der Waals surface area contributed by atoms with Crippen LogP contribution in [0.3, 0.4) is 0 Å². The maximum absolute atomic E-state index is 13.0. The molecule has 2 atom stereocenters. The highest BCUT2D eigenvalue weighted by Gasteiger charge is 2.35. The minimum Gasteiger partial charge on any atom is -0.487 e. The SMILES string of the molecule is CCC(Oc1ccc(C(C)(C)C)cc1)C(=O)NC1CC(C)(C)Oc2ccccc21. The lowest BCUT2D eigenvalue weighted by molar-refractivity contribution is -0.129. The molecule has 0 spiro atoms. The zero-order valence-corrected chi connectivity index (χ0v) is 18.4. The molecule has 0 bridgehead atoms. The van der Waals surface area contributed by atoms with Gasteiger partial charge in [0.1, 0.15) is 17.1 Å². The molecule has 2 unspecified atom stereocenters. The van der Waals surface area contributed by atoms with Gasteiger partial charge in [0.15, 0.2) is 6.10 Å². The Morgan fingerprint density at radius 3 is 2.45 bits per heavy atom. The number of amides is 1. The van der Waals surface area contributed by atoms with E-state index >= 15 is 0 Å². The number of ether oxygens (including phenoxy) is 2. The summed E-state index contributed by atoms with van der Waals surface area (Å²) in [4.78, 5) is 13.0. The third-order valence-corrected chi connectivity index (χ3v) is 5.35. The molecule has 0 aliphatic carbocycles. The minimum atomic E-state index is -0.534. The number of carbonyl (C=O) groups excluding carboxylic acids is 1. The molecule has 0 saturated heterocycles. The van der Waals surface area contributed by atoms with Gasteiger partial charge in [0, 0.05) is 12.0 Å². The van der Waals surface area contributed by atoms with Gasteiger partial charge in [0.25, 0.3) is 5.91 Å². The molecule has 1 aliphatic rings. The Morgan fingerprint density at radius 2 is 1.83 bits per heavy atom. The van der Waals surface area contributed by atoms with Crippen molar-refractivity contribution in [3.05, 3.63) is 59.7 Å². The highest BCUT2D eigenvalue weighted by molar-refractivity contribution is 5.81. The molecule has 0 fully saturated rings. The third kappa shape index (κ3) is 5.11. The van der Waals surface area contributed by atoms with E-state index < -0.39 is 6.10 Å². The summed E-state index contributed by atoms with van der Waals surface area (Å²) in [5.41, 5.74) is 2.01. The lowest BCUT2D eigenvalue weighted by atomic mass is 9.87. The summed E-state index contributed by atoms with van der Waals surface area (Å²) >= 11 is 0. The van der Waals surface area contributed by atoms with Crippen LogP contribution in [-0.4, -0.2) is 17.6 Å². The number of benzene rings is 2. The number of nitrogens with one attached hydrogen (secondary N) is 1. The van der Waals surface area contributed by atoms with Crippen LogP contribution in [0.25, 0.3) is 0 Å². The molecular formula is C25H33NO3. The van der Waals surface area contributed by atoms with Crippen LogP contribution < -0.4 is 14.8 Å². The zero-order chi connectivity index (χ0) is 21.2. The van der Waals surface area contributed by atoms with E-state index in [4.69, 9.17) is 9.47 Å². The van der Waals surface area contributed by atoms with Gasteiger partial charge in [-0.1, -0.05) is 58.0 Å². The van der Waals surface area contributed by atoms with E-state index in [2.05, 4.69) is 38.2 Å². The molecule has 29 heavy (non-hydrogen) atoms. The standard InChI is InChI=1S/C25H33NO3/c1-7-21(28-18-14-12-17(13-15-18)24(2,3)4)23(27)26-20-16-25(5,6)29-22-11-9-8-10-19(20)22/h8-15,20-21H,7,16H2,1-6H3,(H,26,27). The molecule has 2 aromatic carbocycles. The maximum Gasteiger partial charge on any atom is 0.261 e. The third-order valence-electron chi connectivity index (χ3n) is 5.35. The molecule has 1 amide bonds. The quantitative estimate of drug-likeness (QED) is 0.721. The van der Waals surface area contributed by atoms with E-state index in [0.29, 0.717) is 18.6 Å². The fourth-order valence-corrected chi connectivity index (χ4v) is 3.72. The predicted molar refractivity (Wildman–Crippen MR) is 116 cm³/mol. The zero-order valence-electron chi connectivity index (χ0n) is 18.4. The first-order valence-electron chi connectivity index (χ1n) is 10.4. The fourth-order valence-electron chi connectivity index (χ4n) is 3.72. The number of fused-ring (bicyclic) bond motifs is 1. The highest BCUT2D eigenvalue weighted by atomic mass is 16.5. The van der Waals surface area contributed by atoms with Gasteiger partial charge in [0.2, 0.25) is 0 Å². The van der Waals surface area contributed by atoms with Crippen LogP contribution in [0.5, 0.6) is 11.5 Å². The van der Waals surface area contributed by atoms with Crippen molar-refractivity contribution in [1.29, 1.82) is 0 Å². The predicted octanol–water partition coefficient (Wildman–Crippen LogP) is 5.56. The Balaban J connectivity index is 1.72. The van der Waals surface area contributed by atoms with Crippen molar-refractivity contribution in [1.82, 2.24) is 5.32 Å². The van der Waals surface area contributed by atoms with Crippen LogP contribution in [0, 0.1) is 0 Å².